The van der Waals surface area contributed by atoms with Gasteiger partial charge in [-0.15, -0.1) is 0 Å². The largest absolute Gasteiger partial charge is 0.487 e. The van der Waals surface area contributed by atoms with Crippen LogP contribution in [0.3, 0.4) is 0 Å². The number of fused-ring (bicyclic) bond motifs is 1. The van der Waals surface area contributed by atoms with Gasteiger partial charge in [0, 0.05) is 30.7 Å². The highest BCUT2D eigenvalue weighted by Gasteiger charge is 2.33. The van der Waals surface area contributed by atoms with Crippen molar-refractivity contribution in [2.75, 3.05) is 6.61 Å². The van der Waals surface area contributed by atoms with Crippen LogP contribution in [0.15, 0.2) is 24.3 Å². The van der Waals surface area contributed by atoms with Gasteiger partial charge in [0.15, 0.2) is 0 Å². The zero-order chi connectivity index (χ0) is 13.2. The van der Waals surface area contributed by atoms with Gasteiger partial charge in [0.05, 0.1) is 0 Å². The second-order valence-corrected chi connectivity index (χ2v) is 5.74. The summed E-state index contributed by atoms with van der Waals surface area (Å²) in [4.78, 5) is 0. The normalized spacial score (nSPS) is 23.0. The first-order valence-electron chi connectivity index (χ1n) is 6.67. The van der Waals surface area contributed by atoms with Crippen LogP contribution in [0.5, 0.6) is 5.75 Å². The fraction of sp³-hybridized carbons (Fsp3) is 0.600. The molecule has 2 N–H and O–H groups in total. The van der Waals surface area contributed by atoms with Crippen molar-refractivity contribution in [3.8, 4) is 5.75 Å². The predicted octanol–water partition coefficient (Wildman–Crippen LogP) is 2.65. The van der Waals surface area contributed by atoms with E-state index < -0.39 is 0 Å². The molecule has 2 rings (SSSR count). The van der Waals surface area contributed by atoms with Crippen molar-refractivity contribution in [2.45, 2.75) is 51.3 Å². The van der Waals surface area contributed by atoms with Crippen LogP contribution in [0, 0.1) is 0 Å². The summed E-state index contributed by atoms with van der Waals surface area (Å²) in [7, 11) is 0. The van der Waals surface area contributed by atoms with Crippen LogP contribution >= 0.6 is 0 Å². The van der Waals surface area contributed by atoms with Crippen LogP contribution in [0.2, 0.25) is 0 Å². The summed E-state index contributed by atoms with van der Waals surface area (Å²) in [6.45, 7) is 6.58. The monoisotopic (exact) mass is 249 g/mol. The van der Waals surface area contributed by atoms with Gasteiger partial charge >= 0.3 is 0 Å². The topological polar surface area (TPSA) is 41.5 Å². The summed E-state index contributed by atoms with van der Waals surface area (Å²) >= 11 is 0. The minimum Gasteiger partial charge on any atom is -0.487 e. The number of hydrogen-bond acceptors (Lipinski definition) is 3. The van der Waals surface area contributed by atoms with Gasteiger partial charge in [0.2, 0.25) is 0 Å². The Balaban J connectivity index is 2.19. The smallest absolute Gasteiger partial charge is 0.124 e. The van der Waals surface area contributed by atoms with E-state index in [1.807, 2.05) is 18.2 Å². The van der Waals surface area contributed by atoms with Gasteiger partial charge in [0.25, 0.3) is 0 Å². The molecule has 0 radical (unpaired) electrons. The van der Waals surface area contributed by atoms with E-state index in [1.165, 1.54) is 5.56 Å². The summed E-state index contributed by atoms with van der Waals surface area (Å²) in [5.74, 6) is 0.974. The number of rotatable bonds is 4. The van der Waals surface area contributed by atoms with Crippen LogP contribution in [0.25, 0.3) is 0 Å². The Kier molecular flexibility index (Phi) is 3.93. The highest BCUT2D eigenvalue weighted by molar-refractivity contribution is 5.38. The van der Waals surface area contributed by atoms with E-state index >= 15 is 0 Å². The van der Waals surface area contributed by atoms with Crippen molar-refractivity contribution >= 4 is 0 Å². The second-order valence-electron chi connectivity index (χ2n) is 5.74. The zero-order valence-corrected chi connectivity index (χ0v) is 11.4. The predicted molar refractivity (Wildman–Crippen MR) is 72.8 cm³/mol. The van der Waals surface area contributed by atoms with Gasteiger partial charge in [-0.2, -0.15) is 0 Å². The molecular weight excluding hydrogens is 226 g/mol. The first-order chi connectivity index (χ1) is 8.52. The molecule has 0 amide bonds. The molecular formula is C15H23NO2. The van der Waals surface area contributed by atoms with Gasteiger partial charge in [-0.25, -0.2) is 0 Å². The first kappa shape index (κ1) is 13.4. The number of aliphatic hydroxyl groups excluding tert-OH is 1. The van der Waals surface area contributed by atoms with E-state index in [-0.39, 0.29) is 12.2 Å². The molecule has 100 valence electrons. The van der Waals surface area contributed by atoms with E-state index in [4.69, 9.17) is 9.84 Å². The minimum atomic E-state index is -0.148. The Morgan fingerprint density at radius 3 is 2.89 bits per heavy atom. The summed E-state index contributed by atoms with van der Waals surface area (Å²) in [6.07, 6.45) is 1.72. The molecule has 0 fully saturated rings. The zero-order valence-electron chi connectivity index (χ0n) is 11.4. The Morgan fingerprint density at radius 2 is 2.17 bits per heavy atom. The molecule has 1 aromatic rings. The van der Waals surface area contributed by atoms with Crippen molar-refractivity contribution in [3.05, 3.63) is 29.8 Å². The number of aliphatic hydroxyl groups is 1. The maximum absolute atomic E-state index is 9.00. The van der Waals surface area contributed by atoms with Crippen LogP contribution in [0.1, 0.15) is 45.2 Å². The maximum Gasteiger partial charge on any atom is 0.124 e. The van der Waals surface area contributed by atoms with Crippen LogP contribution in [0.4, 0.5) is 0 Å². The Bertz CT molecular complexity index is 403. The highest BCUT2D eigenvalue weighted by Crippen LogP contribution is 2.39. The highest BCUT2D eigenvalue weighted by atomic mass is 16.5. The van der Waals surface area contributed by atoms with Crippen LogP contribution in [-0.2, 0) is 0 Å². The van der Waals surface area contributed by atoms with Crippen molar-refractivity contribution in [1.29, 1.82) is 0 Å². The third-order valence-corrected chi connectivity index (χ3v) is 3.42. The molecule has 0 spiro atoms. The number of ether oxygens (including phenoxy) is 1. The molecule has 0 saturated heterocycles. The molecule has 1 heterocycles. The number of para-hydroxylation sites is 1. The fourth-order valence-electron chi connectivity index (χ4n) is 2.57. The Labute approximate surface area is 109 Å². The lowest BCUT2D eigenvalue weighted by atomic mass is 9.89. The van der Waals surface area contributed by atoms with E-state index in [1.54, 1.807) is 0 Å². The molecule has 0 saturated carbocycles. The van der Waals surface area contributed by atoms with Gasteiger partial charge < -0.3 is 15.2 Å². The molecule has 1 aromatic carbocycles. The first-order valence-corrected chi connectivity index (χ1v) is 6.67. The van der Waals surface area contributed by atoms with Gasteiger partial charge in [-0.05, 0) is 33.3 Å². The average molecular weight is 249 g/mol. The fourth-order valence-corrected chi connectivity index (χ4v) is 2.57. The quantitative estimate of drug-likeness (QED) is 0.862. The minimum absolute atomic E-state index is 0.148. The van der Waals surface area contributed by atoms with Crippen molar-refractivity contribution in [2.24, 2.45) is 0 Å². The van der Waals surface area contributed by atoms with Crippen molar-refractivity contribution in [1.82, 2.24) is 5.32 Å². The van der Waals surface area contributed by atoms with Gasteiger partial charge in [-0.1, -0.05) is 18.2 Å². The summed E-state index contributed by atoms with van der Waals surface area (Å²) in [5.41, 5.74) is 1.08. The molecule has 0 aromatic heterocycles. The molecule has 1 aliphatic rings. The maximum atomic E-state index is 9.00. The number of benzene rings is 1. The summed E-state index contributed by atoms with van der Waals surface area (Å²) in [5, 5.41) is 12.6. The van der Waals surface area contributed by atoms with Gasteiger partial charge in [-0.3, -0.25) is 0 Å². The Morgan fingerprint density at radius 1 is 1.44 bits per heavy atom. The standard InChI is InChI=1S/C15H23NO2/c1-11(8-9-17)16-13-10-15(2,3)18-14-7-5-4-6-12(13)14/h4-7,11,13,16-17H,8-10H2,1-3H3. The van der Waals surface area contributed by atoms with E-state index in [9.17, 15) is 0 Å². The molecule has 18 heavy (non-hydrogen) atoms. The van der Waals surface area contributed by atoms with E-state index in [0.717, 1.165) is 18.6 Å². The third-order valence-electron chi connectivity index (χ3n) is 3.42. The molecule has 3 heteroatoms. The SMILES string of the molecule is CC(CCO)NC1CC(C)(C)Oc2ccccc21. The Hall–Kier alpha value is -1.06. The third kappa shape index (κ3) is 3.03. The second kappa shape index (κ2) is 5.29. The molecule has 2 unspecified atom stereocenters. The number of nitrogens with one attached hydrogen (secondary N) is 1. The van der Waals surface area contributed by atoms with Crippen molar-refractivity contribution < 1.29 is 9.84 Å². The van der Waals surface area contributed by atoms with E-state index in [0.29, 0.717) is 12.1 Å². The van der Waals surface area contributed by atoms with Gasteiger partial charge in [0.1, 0.15) is 11.4 Å². The van der Waals surface area contributed by atoms with Crippen LogP contribution < -0.4 is 10.1 Å². The lowest BCUT2D eigenvalue weighted by Gasteiger charge is -2.39. The number of hydrogen-bond donors (Lipinski definition) is 2. The average Bonchev–Trinajstić information content (AvgIpc) is 2.27. The van der Waals surface area contributed by atoms with Crippen LogP contribution in [-0.4, -0.2) is 23.4 Å². The molecule has 1 aliphatic heterocycles. The molecule has 0 bridgehead atoms. The molecule has 3 nitrogen and oxygen atoms in total. The lowest BCUT2D eigenvalue weighted by Crippen LogP contribution is -2.42. The van der Waals surface area contributed by atoms with E-state index in [2.05, 4.69) is 32.2 Å². The van der Waals surface area contributed by atoms with Crippen molar-refractivity contribution in [3.63, 3.8) is 0 Å². The summed E-state index contributed by atoms with van der Waals surface area (Å²) < 4.78 is 6.00. The molecule has 2 atom stereocenters. The lowest BCUT2D eigenvalue weighted by molar-refractivity contribution is 0.0633. The summed E-state index contributed by atoms with van der Waals surface area (Å²) in [6, 6.07) is 8.81. The molecule has 0 aliphatic carbocycles.